The quantitative estimate of drug-likeness (QED) is 0.693. The number of nitrogens with zero attached hydrogens (tertiary/aromatic N) is 3. The van der Waals surface area contributed by atoms with E-state index in [-0.39, 0.29) is 11.5 Å². The molecule has 1 amide bonds. The van der Waals surface area contributed by atoms with E-state index >= 15 is 0 Å². The van der Waals surface area contributed by atoms with Gasteiger partial charge in [-0.1, -0.05) is 0 Å². The van der Waals surface area contributed by atoms with Gasteiger partial charge in [-0.05, 0) is 6.07 Å². The highest BCUT2D eigenvalue weighted by Crippen LogP contribution is 2.07. The molecule has 2 rings (SSSR count). The molecule has 0 fully saturated rings. The van der Waals surface area contributed by atoms with Gasteiger partial charge in [0.1, 0.15) is 5.69 Å². The van der Waals surface area contributed by atoms with E-state index in [0.29, 0.717) is 5.56 Å². The number of nitrogens with one attached hydrogen (secondary N) is 2. The fourth-order valence-electron chi connectivity index (χ4n) is 1.11. The molecule has 0 spiro atoms. The van der Waals surface area contributed by atoms with Crippen LogP contribution < -0.4 is 5.32 Å². The molecule has 2 aromatic rings. The molecule has 0 atom stereocenters. The second-order valence-electron chi connectivity index (χ2n) is 3.06. The summed E-state index contributed by atoms with van der Waals surface area (Å²) in [5, 5.41) is 24.0. The molecule has 8 nitrogen and oxygen atoms in total. The maximum absolute atomic E-state index is 11.6. The van der Waals surface area contributed by atoms with Crippen molar-refractivity contribution in [3.05, 3.63) is 35.8 Å². The van der Waals surface area contributed by atoms with Crippen LogP contribution in [-0.4, -0.2) is 37.4 Å². The van der Waals surface area contributed by atoms with E-state index in [1.54, 1.807) is 0 Å². The molecule has 0 unspecified atom stereocenters. The standard InChI is InChI=1S/C9H7N5O3/c15-8(5-1-2-10-11-4-5)12-7-3-6(9(16)17)13-14-7/h1-4H,(H,16,17)(H2,12,13,14,15). The number of anilines is 1. The highest BCUT2D eigenvalue weighted by molar-refractivity contribution is 6.03. The average Bonchev–Trinajstić information content (AvgIpc) is 2.79. The molecule has 0 bridgehead atoms. The van der Waals surface area contributed by atoms with Crippen molar-refractivity contribution in [3.63, 3.8) is 0 Å². The summed E-state index contributed by atoms with van der Waals surface area (Å²) in [6.45, 7) is 0. The van der Waals surface area contributed by atoms with Gasteiger partial charge in [0.15, 0.2) is 5.82 Å². The molecule has 17 heavy (non-hydrogen) atoms. The molecular weight excluding hydrogens is 226 g/mol. The summed E-state index contributed by atoms with van der Waals surface area (Å²) >= 11 is 0. The predicted octanol–water partition coefficient (Wildman–Crippen LogP) is 0.150. The first-order chi connectivity index (χ1) is 8.16. The number of aromatic amines is 1. The molecule has 0 radical (unpaired) electrons. The highest BCUT2D eigenvalue weighted by atomic mass is 16.4. The lowest BCUT2D eigenvalue weighted by molar-refractivity contribution is 0.0690. The van der Waals surface area contributed by atoms with Gasteiger partial charge in [-0.2, -0.15) is 15.3 Å². The van der Waals surface area contributed by atoms with Crippen LogP contribution in [-0.2, 0) is 0 Å². The van der Waals surface area contributed by atoms with E-state index in [2.05, 4.69) is 25.7 Å². The summed E-state index contributed by atoms with van der Waals surface area (Å²) in [7, 11) is 0. The SMILES string of the molecule is O=C(Nc1cc(C(=O)O)[nH]n1)c1ccnnc1. The average molecular weight is 233 g/mol. The minimum atomic E-state index is -1.15. The van der Waals surface area contributed by atoms with Gasteiger partial charge in [-0.25, -0.2) is 4.79 Å². The molecule has 86 valence electrons. The lowest BCUT2D eigenvalue weighted by atomic mass is 10.3. The molecule has 3 N–H and O–H groups in total. The zero-order valence-electron chi connectivity index (χ0n) is 8.41. The largest absolute Gasteiger partial charge is 0.477 e. The van der Waals surface area contributed by atoms with Crippen molar-refractivity contribution >= 4 is 17.7 Å². The summed E-state index contributed by atoms with van der Waals surface area (Å²) in [5.41, 5.74) is 0.202. The minimum Gasteiger partial charge on any atom is -0.477 e. The zero-order chi connectivity index (χ0) is 12.3. The second kappa shape index (κ2) is 4.39. The topological polar surface area (TPSA) is 121 Å². The first-order valence-electron chi connectivity index (χ1n) is 4.53. The van der Waals surface area contributed by atoms with Crippen molar-refractivity contribution < 1.29 is 14.7 Å². The molecule has 2 aromatic heterocycles. The summed E-state index contributed by atoms with van der Waals surface area (Å²) in [6, 6.07) is 2.70. The van der Waals surface area contributed by atoms with Crippen LogP contribution in [0.3, 0.4) is 0 Å². The van der Waals surface area contributed by atoms with Crippen molar-refractivity contribution in [1.29, 1.82) is 0 Å². The van der Waals surface area contributed by atoms with Gasteiger partial charge in [0.05, 0.1) is 18.0 Å². The Bertz CT molecular complexity index is 551. The maximum Gasteiger partial charge on any atom is 0.353 e. The third kappa shape index (κ3) is 2.43. The Morgan fingerprint density at radius 3 is 2.76 bits per heavy atom. The number of carbonyl (C=O) groups excluding carboxylic acids is 1. The first kappa shape index (κ1) is 10.7. The van der Waals surface area contributed by atoms with E-state index in [4.69, 9.17) is 5.11 Å². The van der Waals surface area contributed by atoms with E-state index in [1.165, 1.54) is 24.5 Å². The number of hydrogen-bond acceptors (Lipinski definition) is 5. The Kier molecular flexibility index (Phi) is 2.77. The third-order valence-corrected chi connectivity index (χ3v) is 1.90. The van der Waals surface area contributed by atoms with Crippen LogP contribution in [0.1, 0.15) is 20.8 Å². The number of rotatable bonds is 3. The van der Waals surface area contributed by atoms with Crippen LogP contribution >= 0.6 is 0 Å². The Morgan fingerprint density at radius 1 is 1.35 bits per heavy atom. The molecule has 0 aliphatic heterocycles. The van der Waals surface area contributed by atoms with Crippen molar-refractivity contribution in [2.45, 2.75) is 0 Å². The number of amides is 1. The predicted molar refractivity (Wildman–Crippen MR) is 55.5 cm³/mol. The second-order valence-corrected chi connectivity index (χ2v) is 3.06. The monoisotopic (exact) mass is 233 g/mol. The van der Waals surface area contributed by atoms with Crippen molar-refractivity contribution in [2.75, 3.05) is 5.32 Å². The highest BCUT2D eigenvalue weighted by Gasteiger charge is 2.11. The van der Waals surface area contributed by atoms with Gasteiger partial charge in [0, 0.05) is 6.07 Å². The molecule has 0 aromatic carbocycles. The number of H-pyrrole nitrogens is 1. The number of aromatic nitrogens is 4. The van der Waals surface area contributed by atoms with Crippen molar-refractivity contribution in [1.82, 2.24) is 20.4 Å². The van der Waals surface area contributed by atoms with Crippen molar-refractivity contribution in [2.24, 2.45) is 0 Å². The zero-order valence-corrected chi connectivity index (χ0v) is 8.41. The third-order valence-electron chi connectivity index (χ3n) is 1.90. The van der Waals surface area contributed by atoms with Gasteiger partial charge in [0.2, 0.25) is 0 Å². The molecule has 2 heterocycles. The van der Waals surface area contributed by atoms with Crippen LogP contribution in [0, 0.1) is 0 Å². The van der Waals surface area contributed by atoms with Gasteiger partial charge >= 0.3 is 5.97 Å². The Morgan fingerprint density at radius 2 is 2.18 bits per heavy atom. The maximum atomic E-state index is 11.6. The normalized spacial score (nSPS) is 9.88. The Balaban J connectivity index is 2.11. The van der Waals surface area contributed by atoms with E-state index in [1.807, 2.05) is 0 Å². The summed E-state index contributed by atoms with van der Waals surface area (Å²) in [6.07, 6.45) is 2.67. The van der Waals surface area contributed by atoms with E-state index < -0.39 is 11.9 Å². The Labute approximate surface area is 94.7 Å². The lowest BCUT2D eigenvalue weighted by Crippen LogP contribution is -2.12. The van der Waals surface area contributed by atoms with Crippen LogP contribution in [0.15, 0.2) is 24.5 Å². The van der Waals surface area contributed by atoms with Crippen molar-refractivity contribution in [3.8, 4) is 0 Å². The fourth-order valence-corrected chi connectivity index (χ4v) is 1.11. The number of hydrogen-bond donors (Lipinski definition) is 3. The number of carboxylic acids is 1. The first-order valence-corrected chi connectivity index (χ1v) is 4.53. The van der Waals surface area contributed by atoms with Gasteiger partial charge < -0.3 is 10.4 Å². The molecule has 0 saturated heterocycles. The lowest BCUT2D eigenvalue weighted by Gasteiger charge is -1.99. The number of aromatic carboxylic acids is 1. The molecule has 0 aliphatic rings. The Hall–Kier alpha value is -2.77. The van der Waals surface area contributed by atoms with Gasteiger partial charge in [-0.15, -0.1) is 0 Å². The molecule has 0 saturated carbocycles. The molecule has 8 heteroatoms. The number of carbonyl (C=O) groups is 2. The molecule has 0 aliphatic carbocycles. The van der Waals surface area contributed by atoms with Crippen LogP contribution in [0.2, 0.25) is 0 Å². The summed E-state index contributed by atoms with van der Waals surface area (Å²) < 4.78 is 0. The van der Waals surface area contributed by atoms with Gasteiger partial charge in [-0.3, -0.25) is 9.89 Å². The van der Waals surface area contributed by atoms with Crippen LogP contribution in [0.4, 0.5) is 5.82 Å². The van der Waals surface area contributed by atoms with E-state index in [0.717, 1.165) is 0 Å². The minimum absolute atomic E-state index is 0.104. The summed E-state index contributed by atoms with van der Waals surface area (Å²) in [5.74, 6) is -1.46. The summed E-state index contributed by atoms with van der Waals surface area (Å²) in [4.78, 5) is 22.2. The van der Waals surface area contributed by atoms with E-state index in [9.17, 15) is 9.59 Å². The fraction of sp³-hybridized carbons (Fsp3) is 0. The smallest absolute Gasteiger partial charge is 0.353 e. The van der Waals surface area contributed by atoms with Crippen LogP contribution in [0.5, 0.6) is 0 Å². The van der Waals surface area contributed by atoms with Gasteiger partial charge in [0.25, 0.3) is 5.91 Å². The van der Waals surface area contributed by atoms with Crippen LogP contribution in [0.25, 0.3) is 0 Å². The molecular formula is C9H7N5O3. The number of carboxylic acid groups (broad SMARTS) is 1.